The van der Waals surface area contributed by atoms with Gasteiger partial charge in [-0.05, 0) is 31.5 Å². The molecule has 3 nitrogen and oxygen atoms in total. The van der Waals surface area contributed by atoms with E-state index in [2.05, 4.69) is 5.32 Å². The van der Waals surface area contributed by atoms with Crippen molar-refractivity contribution in [2.45, 2.75) is 26.3 Å². The smallest absolute Gasteiger partial charge is 0.225 e. The fourth-order valence-electron chi connectivity index (χ4n) is 1.23. The third-order valence-electron chi connectivity index (χ3n) is 1.90. The number of hydrogen-bond acceptors (Lipinski definition) is 2. The van der Waals surface area contributed by atoms with Crippen LogP contribution in [0, 0.1) is 12.7 Å². The summed E-state index contributed by atoms with van der Waals surface area (Å²) in [7, 11) is 0. The average molecular weight is 247 g/mol. The number of rotatable bonds is 3. The van der Waals surface area contributed by atoms with Gasteiger partial charge in [-0.2, -0.15) is 0 Å². The van der Waals surface area contributed by atoms with Crippen molar-refractivity contribution in [3.63, 3.8) is 0 Å². The first kappa shape index (κ1) is 14.9. The molecule has 1 aromatic rings. The van der Waals surface area contributed by atoms with Gasteiger partial charge in [-0.1, -0.05) is 6.07 Å². The molecule has 0 radical (unpaired) electrons. The molecule has 0 fully saturated rings. The van der Waals surface area contributed by atoms with E-state index in [1.54, 1.807) is 19.1 Å². The Bertz CT molecular complexity index is 369. The highest BCUT2D eigenvalue weighted by atomic mass is 35.5. The molecule has 0 heterocycles. The topological polar surface area (TPSA) is 55.1 Å². The van der Waals surface area contributed by atoms with Crippen molar-refractivity contribution in [2.75, 3.05) is 5.32 Å². The van der Waals surface area contributed by atoms with Gasteiger partial charge in [0.1, 0.15) is 5.82 Å². The predicted octanol–water partition coefficient (Wildman–Crippen LogP) is 2.23. The van der Waals surface area contributed by atoms with Gasteiger partial charge in [0.05, 0.1) is 5.69 Å². The van der Waals surface area contributed by atoms with Crippen molar-refractivity contribution in [2.24, 2.45) is 5.73 Å². The van der Waals surface area contributed by atoms with E-state index in [0.717, 1.165) is 5.56 Å². The highest BCUT2D eigenvalue weighted by molar-refractivity contribution is 5.91. The van der Waals surface area contributed by atoms with Gasteiger partial charge in [-0.3, -0.25) is 4.79 Å². The molecular formula is C11H16ClFN2O. The Labute approximate surface area is 101 Å². The lowest BCUT2D eigenvalue weighted by Crippen LogP contribution is -2.24. The molecule has 0 saturated carbocycles. The number of hydrogen-bond donors (Lipinski definition) is 2. The van der Waals surface area contributed by atoms with E-state index in [1.807, 2.05) is 6.92 Å². The molecule has 5 heteroatoms. The fourth-order valence-corrected chi connectivity index (χ4v) is 1.23. The number of halogens is 2. The second-order valence-corrected chi connectivity index (χ2v) is 3.71. The minimum atomic E-state index is -0.432. The number of aryl methyl sites for hydroxylation is 1. The summed E-state index contributed by atoms with van der Waals surface area (Å²) in [5, 5.41) is 2.49. The van der Waals surface area contributed by atoms with Gasteiger partial charge in [-0.25, -0.2) is 4.39 Å². The molecule has 0 aliphatic rings. The summed E-state index contributed by atoms with van der Waals surface area (Å²) in [6, 6.07) is 4.35. The molecule has 1 amide bonds. The zero-order chi connectivity index (χ0) is 11.4. The molecule has 0 aliphatic carbocycles. The quantitative estimate of drug-likeness (QED) is 0.859. The Morgan fingerprint density at radius 3 is 2.75 bits per heavy atom. The third-order valence-corrected chi connectivity index (χ3v) is 1.90. The van der Waals surface area contributed by atoms with Gasteiger partial charge in [-0.15, -0.1) is 12.4 Å². The monoisotopic (exact) mass is 246 g/mol. The number of nitrogens with two attached hydrogens (primary N) is 1. The summed E-state index contributed by atoms with van der Waals surface area (Å²) in [6.07, 6.45) is 0.188. The summed E-state index contributed by atoms with van der Waals surface area (Å²) < 4.78 is 13.2. The van der Waals surface area contributed by atoms with E-state index < -0.39 is 5.82 Å². The second-order valence-electron chi connectivity index (χ2n) is 3.71. The van der Waals surface area contributed by atoms with E-state index in [0.29, 0.717) is 0 Å². The number of carbonyl (C=O) groups is 1. The van der Waals surface area contributed by atoms with Crippen LogP contribution in [0.4, 0.5) is 10.1 Å². The maximum atomic E-state index is 13.2. The zero-order valence-corrected chi connectivity index (χ0v) is 10.1. The number of amides is 1. The van der Waals surface area contributed by atoms with Gasteiger partial charge >= 0.3 is 0 Å². The molecule has 0 saturated heterocycles. The lowest BCUT2D eigenvalue weighted by molar-refractivity contribution is -0.116. The van der Waals surface area contributed by atoms with Crippen molar-refractivity contribution in [3.05, 3.63) is 29.6 Å². The number of carbonyl (C=O) groups excluding carboxylic acids is 1. The summed E-state index contributed by atoms with van der Waals surface area (Å²) in [5.41, 5.74) is 6.57. The fraction of sp³-hybridized carbons (Fsp3) is 0.364. The Hall–Kier alpha value is -1.13. The minimum absolute atomic E-state index is 0. The van der Waals surface area contributed by atoms with E-state index >= 15 is 0 Å². The average Bonchev–Trinajstić information content (AvgIpc) is 2.10. The molecule has 0 aromatic heterocycles. The molecule has 1 aromatic carbocycles. The number of benzene rings is 1. The zero-order valence-electron chi connectivity index (χ0n) is 9.29. The molecular weight excluding hydrogens is 231 g/mol. The van der Waals surface area contributed by atoms with E-state index in [1.165, 1.54) is 6.07 Å². The Balaban J connectivity index is 0.00000225. The maximum Gasteiger partial charge on any atom is 0.225 e. The highest BCUT2D eigenvalue weighted by Gasteiger charge is 2.08. The number of anilines is 1. The molecule has 1 rings (SSSR count). The summed E-state index contributed by atoms with van der Waals surface area (Å²) in [4.78, 5) is 11.3. The van der Waals surface area contributed by atoms with Crippen molar-refractivity contribution < 1.29 is 9.18 Å². The van der Waals surface area contributed by atoms with Gasteiger partial charge < -0.3 is 11.1 Å². The van der Waals surface area contributed by atoms with Crippen LogP contribution in [-0.4, -0.2) is 11.9 Å². The standard InChI is InChI=1S/C11H15FN2O.ClH/c1-7-3-4-9(12)10(5-7)14-11(15)6-8(2)13;/h3-5,8H,6,13H2,1-2H3,(H,14,15);1H. The van der Waals surface area contributed by atoms with Gasteiger partial charge in [0.25, 0.3) is 0 Å². The van der Waals surface area contributed by atoms with Gasteiger partial charge in [0, 0.05) is 12.5 Å². The van der Waals surface area contributed by atoms with Crippen molar-refractivity contribution in [1.82, 2.24) is 0 Å². The van der Waals surface area contributed by atoms with Crippen molar-refractivity contribution in [1.29, 1.82) is 0 Å². The molecule has 0 aliphatic heterocycles. The minimum Gasteiger partial charge on any atom is -0.327 e. The first-order chi connectivity index (χ1) is 6.99. The Kier molecular flexibility index (Phi) is 6.00. The van der Waals surface area contributed by atoms with Crippen LogP contribution in [0.15, 0.2) is 18.2 Å². The Morgan fingerprint density at radius 2 is 2.19 bits per heavy atom. The molecule has 90 valence electrons. The SMILES string of the molecule is Cc1ccc(F)c(NC(=O)CC(C)N)c1.Cl. The van der Waals surface area contributed by atoms with Crippen molar-refractivity contribution >= 4 is 24.0 Å². The lowest BCUT2D eigenvalue weighted by Gasteiger charge is -2.08. The maximum absolute atomic E-state index is 13.2. The van der Waals surface area contributed by atoms with E-state index in [9.17, 15) is 9.18 Å². The van der Waals surface area contributed by atoms with Gasteiger partial charge in [0.2, 0.25) is 5.91 Å². The lowest BCUT2D eigenvalue weighted by atomic mass is 10.2. The van der Waals surface area contributed by atoms with Crippen LogP contribution in [0.25, 0.3) is 0 Å². The summed E-state index contributed by atoms with van der Waals surface area (Å²) >= 11 is 0. The third kappa shape index (κ3) is 4.59. The van der Waals surface area contributed by atoms with Crippen LogP contribution in [0.5, 0.6) is 0 Å². The molecule has 3 N–H and O–H groups in total. The largest absolute Gasteiger partial charge is 0.327 e. The van der Waals surface area contributed by atoms with E-state index in [4.69, 9.17) is 5.73 Å². The molecule has 16 heavy (non-hydrogen) atoms. The van der Waals surface area contributed by atoms with Crippen LogP contribution in [0.1, 0.15) is 18.9 Å². The summed E-state index contributed by atoms with van der Waals surface area (Å²) in [6.45, 7) is 3.56. The van der Waals surface area contributed by atoms with Crippen LogP contribution in [0.3, 0.4) is 0 Å². The van der Waals surface area contributed by atoms with Crippen LogP contribution >= 0.6 is 12.4 Å². The van der Waals surface area contributed by atoms with Crippen molar-refractivity contribution in [3.8, 4) is 0 Å². The van der Waals surface area contributed by atoms with Gasteiger partial charge in [0.15, 0.2) is 0 Å². The molecule has 1 atom stereocenters. The summed E-state index contributed by atoms with van der Waals surface area (Å²) in [5.74, 6) is -0.701. The van der Waals surface area contributed by atoms with Crippen LogP contribution < -0.4 is 11.1 Å². The van der Waals surface area contributed by atoms with E-state index in [-0.39, 0.29) is 36.5 Å². The van der Waals surface area contributed by atoms with Crippen LogP contribution in [-0.2, 0) is 4.79 Å². The predicted molar refractivity (Wildman–Crippen MR) is 65.3 cm³/mol. The number of nitrogens with one attached hydrogen (secondary N) is 1. The van der Waals surface area contributed by atoms with Crippen LogP contribution in [0.2, 0.25) is 0 Å². The molecule has 0 spiro atoms. The molecule has 0 bridgehead atoms. The first-order valence-corrected chi connectivity index (χ1v) is 4.80. The highest BCUT2D eigenvalue weighted by Crippen LogP contribution is 2.15. The second kappa shape index (κ2) is 6.45. The molecule has 1 unspecified atom stereocenters. The first-order valence-electron chi connectivity index (χ1n) is 4.80. The Morgan fingerprint density at radius 1 is 1.56 bits per heavy atom. The normalized spacial score (nSPS) is 11.5.